The van der Waals surface area contributed by atoms with Crippen LogP contribution in [0.25, 0.3) is 33.4 Å². The van der Waals surface area contributed by atoms with Crippen LogP contribution in [-0.2, 0) is 16.2 Å². The molecule has 7 rings (SSSR count). The first-order chi connectivity index (χ1) is 24.5. The van der Waals surface area contributed by atoms with Gasteiger partial charge in [0.2, 0.25) is 5.91 Å². The minimum Gasteiger partial charge on any atom is -0.497 e. The van der Waals surface area contributed by atoms with Crippen LogP contribution < -0.4 is 19.6 Å². The van der Waals surface area contributed by atoms with Crippen LogP contribution in [0, 0.1) is 19.8 Å². The van der Waals surface area contributed by atoms with Crippen LogP contribution >= 0.6 is 11.8 Å². The summed E-state index contributed by atoms with van der Waals surface area (Å²) < 4.78 is 23.8. The number of carbonyl (C=O) groups is 2. The van der Waals surface area contributed by atoms with Crippen LogP contribution in [0.1, 0.15) is 23.6 Å². The second-order valence-electron chi connectivity index (χ2n) is 12.6. The zero-order valence-corrected chi connectivity index (χ0v) is 29.2. The van der Waals surface area contributed by atoms with Crippen molar-refractivity contribution >= 4 is 34.6 Å². The van der Waals surface area contributed by atoms with Gasteiger partial charge in [0.25, 0.3) is 0 Å². The number of β-lactam (4-membered cyclic amide) rings is 1. The van der Waals surface area contributed by atoms with Crippen molar-refractivity contribution in [1.82, 2.24) is 4.90 Å². The van der Waals surface area contributed by atoms with E-state index in [1.54, 1.807) is 31.4 Å². The highest BCUT2D eigenvalue weighted by molar-refractivity contribution is 8.04. The number of methoxy groups -OCH3 is 1. The molecule has 10 nitrogen and oxygen atoms in total. The SMILES string of the molecule is COc1ccc(-c2c3ccc(=O)cc-3oc3cc(OCc4ccc(OC/C=C/C5=C(C(=O)O)N6C(=O)[C@H]([C@@H](C)O)[C@H]6S5)c(C)c4)ccc23)c(C)c1. The van der Waals surface area contributed by atoms with E-state index < -0.39 is 23.4 Å². The topological polar surface area (TPSA) is 136 Å². The number of carboxylic acid groups (broad SMARTS) is 1. The van der Waals surface area contributed by atoms with Crippen molar-refractivity contribution in [2.75, 3.05) is 13.7 Å². The summed E-state index contributed by atoms with van der Waals surface area (Å²) in [5.41, 5.74) is 6.04. The Morgan fingerprint density at radius 2 is 1.75 bits per heavy atom. The van der Waals surface area contributed by atoms with E-state index in [0.717, 1.165) is 44.5 Å². The largest absolute Gasteiger partial charge is 0.497 e. The summed E-state index contributed by atoms with van der Waals surface area (Å²) in [5, 5.41) is 20.1. The summed E-state index contributed by atoms with van der Waals surface area (Å²) in [6.45, 7) is 5.98. The molecule has 3 aliphatic heterocycles. The number of aliphatic carboxylic acids is 1. The molecule has 3 atom stereocenters. The van der Waals surface area contributed by atoms with E-state index in [2.05, 4.69) is 0 Å². The van der Waals surface area contributed by atoms with Gasteiger partial charge in [0.05, 0.1) is 19.1 Å². The number of amides is 1. The Morgan fingerprint density at radius 3 is 2.47 bits per heavy atom. The normalized spacial score (nSPS) is 17.6. The van der Waals surface area contributed by atoms with Crippen LogP contribution in [0.2, 0.25) is 0 Å². The van der Waals surface area contributed by atoms with Crippen LogP contribution in [0.3, 0.4) is 0 Å². The van der Waals surface area contributed by atoms with Gasteiger partial charge >= 0.3 is 5.97 Å². The van der Waals surface area contributed by atoms with Gasteiger partial charge < -0.3 is 28.8 Å². The Morgan fingerprint density at radius 1 is 0.961 bits per heavy atom. The summed E-state index contributed by atoms with van der Waals surface area (Å²) in [4.78, 5) is 38.3. The molecule has 3 heterocycles. The molecule has 0 bridgehead atoms. The third kappa shape index (κ3) is 6.34. The van der Waals surface area contributed by atoms with Gasteiger partial charge in [-0.3, -0.25) is 14.5 Å². The molecule has 0 radical (unpaired) electrons. The molecule has 2 N–H and O–H groups in total. The van der Waals surface area contributed by atoms with E-state index in [4.69, 9.17) is 18.6 Å². The van der Waals surface area contributed by atoms with Gasteiger partial charge in [-0.25, -0.2) is 4.79 Å². The Kier molecular flexibility index (Phi) is 9.09. The summed E-state index contributed by atoms with van der Waals surface area (Å²) >= 11 is 1.26. The molecular weight excluding hydrogens is 671 g/mol. The number of aryl methyl sites for hydroxylation is 2. The van der Waals surface area contributed by atoms with E-state index in [1.165, 1.54) is 29.7 Å². The third-order valence-corrected chi connectivity index (χ3v) is 10.5. The fraction of sp³-hybridized carbons (Fsp3) is 0.225. The number of hydrogen-bond donors (Lipinski definition) is 2. The fourth-order valence-corrected chi connectivity index (χ4v) is 8.16. The molecule has 1 fully saturated rings. The van der Waals surface area contributed by atoms with Gasteiger partial charge in [0.1, 0.15) is 52.9 Å². The van der Waals surface area contributed by atoms with E-state index in [0.29, 0.717) is 34.4 Å². The average Bonchev–Trinajstić information content (AvgIpc) is 3.42. The fourth-order valence-electron chi connectivity index (χ4n) is 6.62. The van der Waals surface area contributed by atoms with Gasteiger partial charge in [-0.05, 0) is 104 Å². The predicted octanol–water partition coefficient (Wildman–Crippen LogP) is 6.91. The standard InChI is InChI=1S/C40H35NO9S/c1-21-17-26(47-4)9-12-28(21)36-29-11-8-25(43)18-32(29)50-33-19-27(10-13-30(33)36)49-20-24-7-14-31(22(2)16-24)48-15-5-6-34-37(40(45)46)41-38(44)35(23(3)42)39(41)51-34/h5-14,16-19,23,35,39,42H,15,20H2,1-4H3,(H,45,46)/b6-5+/t23-,35+,39-/m1/s1. The molecule has 3 aromatic carbocycles. The molecule has 3 aromatic rings. The van der Waals surface area contributed by atoms with Crippen molar-refractivity contribution < 1.29 is 38.4 Å². The van der Waals surface area contributed by atoms with Crippen molar-refractivity contribution in [3.63, 3.8) is 0 Å². The highest BCUT2D eigenvalue weighted by Crippen LogP contribution is 2.50. The molecule has 4 aliphatic rings. The quantitative estimate of drug-likeness (QED) is 0.110. The van der Waals surface area contributed by atoms with E-state index in [-0.39, 0.29) is 23.6 Å². The summed E-state index contributed by atoms with van der Waals surface area (Å²) in [7, 11) is 1.64. The second-order valence-corrected chi connectivity index (χ2v) is 13.7. The average molecular weight is 706 g/mol. The molecule has 1 amide bonds. The van der Waals surface area contributed by atoms with Gasteiger partial charge in [0, 0.05) is 33.6 Å². The number of allylic oxidation sites excluding steroid dienone is 1. The third-order valence-electron chi connectivity index (χ3n) is 9.15. The number of carboxylic acids is 1. The molecule has 1 aliphatic carbocycles. The Balaban J connectivity index is 1.04. The van der Waals surface area contributed by atoms with Crippen LogP contribution in [0.15, 0.2) is 105 Å². The number of benzene rings is 4. The van der Waals surface area contributed by atoms with Crippen LogP contribution in [0.5, 0.6) is 17.2 Å². The summed E-state index contributed by atoms with van der Waals surface area (Å²) in [6.07, 6.45) is 2.50. The molecule has 0 saturated carbocycles. The lowest BCUT2D eigenvalue weighted by atomic mass is 9.91. The van der Waals surface area contributed by atoms with E-state index in [9.17, 15) is 24.6 Å². The van der Waals surface area contributed by atoms with E-state index in [1.807, 2.05) is 68.4 Å². The molecule has 0 unspecified atom stereocenters. The maximum Gasteiger partial charge on any atom is 0.353 e. The number of ether oxygens (including phenoxy) is 3. The minimum atomic E-state index is -1.19. The summed E-state index contributed by atoms with van der Waals surface area (Å²) in [6, 6.07) is 22.2. The second kappa shape index (κ2) is 13.7. The molecule has 11 heteroatoms. The van der Waals surface area contributed by atoms with E-state index >= 15 is 0 Å². The number of rotatable bonds is 11. The highest BCUT2D eigenvalue weighted by Gasteiger charge is 2.57. The maximum atomic E-state index is 12.4. The van der Waals surface area contributed by atoms with Crippen molar-refractivity contribution in [1.29, 1.82) is 0 Å². The van der Waals surface area contributed by atoms with Crippen molar-refractivity contribution in [2.24, 2.45) is 5.92 Å². The first-order valence-corrected chi connectivity index (χ1v) is 17.2. The molecule has 0 aromatic heterocycles. The Labute approximate surface area is 297 Å². The number of aliphatic hydroxyl groups excluding tert-OH is 1. The first kappa shape index (κ1) is 34.0. The molecule has 260 valence electrons. The highest BCUT2D eigenvalue weighted by atomic mass is 32.2. The van der Waals surface area contributed by atoms with Crippen LogP contribution in [0.4, 0.5) is 0 Å². The van der Waals surface area contributed by atoms with Gasteiger partial charge in [-0.2, -0.15) is 0 Å². The van der Waals surface area contributed by atoms with Gasteiger partial charge in [-0.1, -0.05) is 23.9 Å². The van der Waals surface area contributed by atoms with Gasteiger partial charge in [0.15, 0.2) is 5.43 Å². The molecule has 1 saturated heterocycles. The van der Waals surface area contributed by atoms with Crippen molar-refractivity contribution in [3.8, 4) is 39.7 Å². The smallest absolute Gasteiger partial charge is 0.353 e. The lowest BCUT2D eigenvalue weighted by molar-refractivity contribution is -0.156. The van der Waals surface area contributed by atoms with Crippen molar-refractivity contribution in [2.45, 2.75) is 38.9 Å². The number of fused-ring (bicyclic) bond motifs is 3. The zero-order chi connectivity index (χ0) is 36.0. The molecule has 0 spiro atoms. The monoisotopic (exact) mass is 705 g/mol. The number of aliphatic hydroxyl groups is 1. The lowest BCUT2D eigenvalue weighted by Gasteiger charge is -2.43. The Bertz CT molecular complexity index is 2290. The minimum absolute atomic E-state index is 0.0681. The van der Waals surface area contributed by atoms with Gasteiger partial charge in [-0.15, -0.1) is 0 Å². The predicted molar refractivity (Wildman–Crippen MR) is 194 cm³/mol. The molecular formula is C40H35NO9S. The summed E-state index contributed by atoms with van der Waals surface area (Å²) in [5.74, 6) is 0.340. The molecule has 51 heavy (non-hydrogen) atoms. The number of hydrogen-bond acceptors (Lipinski definition) is 9. The number of thioether (sulfide) groups is 1. The maximum absolute atomic E-state index is 12.4. The number of carbonyl (C=O) groups excluding carboxylic acids is 1. The van der Waals surface area contributed by atoms with Crippen LogP contribution in [-0.4, -0.2) is 52.2 Å². The first-order valence-electron chi connectivity index (χ1n) is 16.4. The van der Waals surface area contributed by atoms with Crippen molar-refractivity contribution in [3.05, 3.63) is 122 Å². The zero-order valence-electron chi connectivity index (χ0n) is 28.3. The number of nitrogens with zero attached hydrogens (tertiary/aromatic N) is 1. The Hall–Kier alpha value is -5.52. The lowest BCUT2D eigenvalue weighted by Crippen LogP contribution is -2.60.